The quantitative estimate of drug-likeness (QED) is 0.569. The second-order valence-corrected chi connectivity index (χ2v) is 2.47. The summed E-state index contributed by atoms with van der Waals surface area (Å²) in [6.07, 6.45) is 1.14. The van der Waals surface area contributed by atoms with Gasteiger partial charge >= 0.3 is 0 Å². The van der Waals surface area contributed by atoms with Gasteiger partial charge in [0.25, 0.3) is 0 Å². The zero-order valence-corrected chi connectivity index (χ0v) is 6.45. The highest BCUT2D eigenvalue weighted by Gasteiger charge is 2.20. The monoisotopic (exact) mass is 151 g/mol. The van der Waals surface area contributed by atoms with Crippen LogP contribution in [0.15, 0.2) is 0 Å². The maximum absolute atomic E-state index is 8.70. The fourth-order valence-corrected chi connectivity index (χ4v) is 1.16. The molecule has 0 amide bonds. The van der Waals surface area contributed by atoms with Crippen molar-refractivity contribution in [2.45, 2.75) is 19.4 Å². The highest BCUT2D eigenvalue weighted by atomic mass is 35.5. The second-order valence-electron chi connectivity index (χ2n) is 2.47. The number of aliphatic hydroxyl groups is 1. The molecule has 3 heteroatoms. The normalized spacial score (nSPS) is 34.0. The largest absolute Gasteiger partial charge is 0.396 e. The van der Waals surface area contributed by atoms with Crippen LogP contribution in [0.1, 0.15) is 13.3 Å². The van der Waals surface area contributed by atoms with Crippen molar-refractivity contribution in [1.29, 1.82) is 0 Å². The van der Waals surface area contributed by atoms with Gasteiger partial charge < -0.3 is 10.4 Å². The summed E-state index contributed by atoms with van der Waals surface area (Å²) in [6.45, 7) is 3.54. The van der Waals surface area contributed by atoms with Gasteiger partial charge in [0.05, 0.1) is 0 Å². The average Bonchev–Trinajstić information content (AvgIpc) is 2.14. The van der Waals surface area contributed by atoms with Crippen LogP contribution < -0.4 is 5.32 Å². The standard InChI is InChI=1S/C6H13NO.ClH/c1-5-6(4-8)2-3-7-5;/h5-8H,2-4H2,1H3;1H. The van der Waals surface area contributed by atoms with E-state index in [-0.39, 0.29) is 12.4 Å². The molecule has 0 aromatic rings. The second kappa shape index (κ2) is 4.09. The van der Waals surface area contributed by atoms with Gasteiger partial charge in [-0.2, -0.15) is 0 Å². The van der Waals surface area contributed by atoms with Crippen LogP contribution in [0, 0.1) is 5.92 Å². The topological polar surface area (TPSA) is 32.3 Å². The highest BCUT2D eigenvalue weighted by molar-refractivity contribution is 5.85. The third kappa shape index (κ3) is 2.12. The van der Waals surface area contributed by atoms with Crippen molar-refractivity contribution in [3.63, 3.8) is 0 Å². The number of aliphatic hydroxyl groups excluding tert-OH is 1. The van der Waals surface area contributed by atoms with Crippen molar-refractivity contribution in [2.24, 2.45) is 5.92 Å². The average molecular weight is 152 g/mol. The Morgan fingerprint density at radius 2 is 2.33 bits per heavy atom. The molecule has 2 N–H and O–H groups in total. The van der Waals surface area contributed by atoms with Gasteiger partial charge in [0.1, 0.15) is 0 Å². The molecule has 0 bridgehead atoms. The van der Waals surface area contributed by atoms with Crippen molar-refractivity contribution in [3.05, 3.63) is 0 Å². The summed E-state index contributed by atoms with van der Waals surface area (Å²) in [5, 5.41) is 12.0. The lowest BCUT2D eigenvalue weighted by atomic mass is 10.0. The van der Waals surface area contributed by atoms with E-state index in [4.69, 9.17) is 5.11 Å². The van der Waals surface area contributed by atoms with Crippen LogP contribution in [0.5, 0.6) is 0 Å². The number of hydrogen-bond donors (Lipinski definition) is 2. The predicted molar refractivity (Wildman–Crippen MR) is 39.9 cm³/mol. The summed E-state index contributed by atoms with van der Waals surface area (Å²) in [4.78, 5) is 0. The molecule has 0 spiro atoms. The van der Waals surface area contributed by atoms with E-state index in [1.807, 2.05) is 0 Å². The number of halogens is 1. The summed E-state index contributed by atoms with van der Waals surface area (Å²) in [7, 11) is 0. The van der Waals surface area contributed by atoms with Gasteiger partial charge in [-0.15, -0.1) is 12.4 Å². The van der Waals surface area contributed by atoms with E-state index in [1.54, 1.807) is 0 Å². The van der Waals surface area contributed by atoms with Gasteiger partial charge in [-0.25, -0.2) is 0 Å². The Kier molecular flexibility index (Phi) is 4.19. The Balaban J connectivity index is 0.000000640. The van der Waals surface area contributed by atoms with Crippen molar-refractivity contribution >= 4 is 12.4 Å². The molecule has 1 fully saturated rings. The molecule has 0 aliphatic carbocycles. The van der Waals surface area contributed by atoms with Crippen LogP contribution in [0.3, 0.4) is 0 Å². The van der Waals surface area contributed by atoms with Crippen molar-refractivity contribution in [2.75, 3.05) is 13.2 Å². The van der Waals surface area contributed by atoms with Gasteiger partial charge in [-0.3, -0.25) is 0 Å². The summed E-state index contributed by atoms with van der Waals surface area (Å²) < 4.78 is 0. The summed E-state index contributed by atoms with van der Waals surface area (Å²) >= 11 is 0. The maximum Gasteiger partial charge on any atom is 0.0474 e. The summed E-state index contributed by atoms with van der Waals surface area (Å²) in [5.74, 6) is 0.509. The van der Waals surface area contributed by atoms with Crippen molar-refractivity contribution in [3.8, 4) is 0 Å². The predicted octanol–water partition coefficient (Wildman–Crippen LogP) is 0.398. The summed E-state index contributed by atoms with van der Waals surface area (Å²) in [5.41, 5.74) is 0. The van der Waals surface area contributed by atoms with E-state index >= 15 is 0 Å². The first-order valence-corrected chi connectivity index (χ1v) is 3.19. The minimum atomic E-state index is 0. The van der Waals surface area contributed by atoms with Gasteiger partial charge in [0.2, 0.25) is 0 Å². The third-order valence-corrected chi connectivity index (χ3v) is 1.92. The fraction of sp³-hybridized carbons (Fsp3) is 1.00. The van der Waals surface area contributed by atoms with Crippen LogP contribution >= 0.6 is 12.4 Å². The van der Waals surface area contributed by atoms with Crippen LogP contribution in [-0.2, 0) is 0 Å². The maximum atomic E-state index is 8.70. The SMILES string of the molecule is CC1NCCC1CO.Cl. The molecule has 1 saturated heterocycles. The molecule has 0 aromatic carbocycles. The lowest BCUT2D eigenvalue weighted by Crippen LogP contribution is -2.24. The first-order valence-electron chi connectivity index (χ1n) is 3.19. The van der Waals surface area contributed by atoms with Gasteiger partial charge in [-0.1, -0.05) is 0 Å². The molecule has 56 valence electrons. The van der Waals surface area contributed by atoms with Crippen LogP contribution in [-0.4, -0.2) is 24.3 Å². The molecule has 1 aliphatic rings. The first kappa shape index (κ1) is 9.21. The van der Waals surface area contributed by atoms with E-state index in [1.165, 1.54) is 0 Å². The Labute approximate surface area is 62.1 Å². The Bertz CT molecular complexity index is 79.5. The number of rotatable bonds is 1. The molecule has 1 rings (SSSR count). The summed E-state index contributed by atoms with van der Waals surface area (Å²) in [6, 6.07) is 0.528. The molecule has 1 heterocycles. The molecule has 9 heavy (non-hydrogen) atoms. The molecule has 2 nitrogen and oxygen atoms in total. The number of hydrogen-bond acceptors (Lipinski definition) is 2. The van der Waals surface area contributed by atoms with E-state index in [0.717, 1.165) is 13.0 Å². The van der Waals surface area contributed by atoms with E-state index in [9.17, 15) is 0 Å². The van der Waals surface area contributed by atoms with E-state index in [2.05, 4.69) is 12.2 Å². The fourth-order valence-electron chi connectivity index (χ4n) is 1.16. The third-order valence-electron chi connectivity index (χ3n) is 1.92. The molecule has 0 aromatic heterocycles. The molecular formula is C6H14ClNO. The molecule has 2 atom stereocenters. The lowest BCUT2D eigenvalue weighted by Gasteiger charge is -2.09. The Morgan fingerprint density at radius 3 is 2.56 bits per heavy atom. The number of nitrogens with one attached hydrogen (secondary N) is 1. The van der Waals surface area contributed by atoms with E-state index in [0.29, 0.717) is 18.6 Å². The zero-order chi connectivity index (χ0) is 5.98. The molecule has 1 aliphatic heterocycles. The van der Waals surface area contributed by atoms with E-state index < -0.39 is 0 Å². The van der Waals surface area contributed by atoms with Crippen LogP contribution in [0.25, 0.3) is 0 Å². The molecule has 0 saturated carbocycles. The smallest absolute Gasteiger partial charge is 0.0474 e. The molecule has 0 radical (unpaired) electrons. The molecule has 2 unspecified atom stereocenters. The lowest BCUT2D eigenvalue weighted by molar-refractivity contribution is 0.218. The van der Waals surface area contributed by atoms with Crippen LogP contribution in [0.4, 0.5) is 0 Å². The molecular weight excluding hydrogens is 138 g/mol. The Morgan fingerprint density at radius 1 is 1.67 bits per heavy atom. The minimum absolute atomic E-state index is 0. The van der Waals surface area contributed by atoms with Crippen molar-refractivity contribution in [1.82, 2.24) is 5.32 Å². The van der Waals surface area contributed by atoms with Crippen molar-refractivity contribution < 1.29 is 5.11 Å². The van der Waals surface area contributed by atoms with Gasteiger partial charge in [0, 0.05) is 12.6 Å². The minimum Gasteiger partial charge on any atom is -0.396 e. The highest BCUT2D eigenvalue weighted by Crippen LogP contribution is 2.12. The zero-order valence-electron chi connectivity index (χ0n) is 5.63. The Hall–Kier alpha value is 0.210. The van der Waals surface area contributed by atoms with Crippen LogP contribution in [0.2, 0.25) is 0 Å². The first-order chi connectivity index (χ1) is 3.84. The van der Waals surface area contributed by atoms with Gasteiger partial charge in [-0.05, 0) is 25.8 Å². The van der Waals surface area contributed by atoms with Gasteiger partial charge in [0.15, 0.2) is 0 Å².